The Hall–Kier alpha value is -1.03. The predicted molar refractivity (Wildman–Crippen MR) is 59.7 cm³/mol. The van der Waals surface area contributed by atoms with Gasteiger partial charge in [-0.15, -0.1) is 0 Å². The molecule has 0 bridgehead atoms. The molecule has 0 aromatic carbocycles. The number of anilines is 1. The minimum Gasteiger partial charge on any atom is -0.393 e. The molecule has 0 radical (unpaired) electrons. The van der Waals surface area contributed by atoms with Crippen LogP contribution in [0.15, 0.2) is 12.4 Å². The van der Waals surface area contributed by atoms with Crippen LogP contribution in [0.4, 0.5) is 5.95 Å². The lowest BCUT2D eigenvalue weighted by molar-refractivity contribution is 0.0762. The predicted octanol–water partition coefficient (Wildman–Crippen LogP) is 1.38. The number of nitrogens with one attached hydrogen (secondary N) is 1. The Bertz CT molecular complexity index is 311. The van der Waals surface area contributed by atoms with Crippen molar-refractivity contribution in [2.45, 2.75) is 31.8 Å². The Morgan fingerprint density at radius 3 is 3.00 bits per heavy atom. The Morgan fingerprint density at radius 1 is 1.53 bits per heavy atom. The molecule has 0 saturated heterocycles. The van der Waals surface area contributed by atoms with Gasteiger partial charge in [-0.2, -0.15) is 0 Å². The van der Waals surface area contributed by atoms with E-state index >= 15 is 0 Å². The Balaban J connectivity index is 1.84. The summed E-state index contributed by atoms with van der Waals surface area (Å²) in [5, 5.41) is 13.1. The Morgan fingerprint density at radius 2 is 2.33 bits per heavy atom. The summed E-state index contributed by atoms with van der Waals surface area (Å²) < 4.78 is 1.95. The molecule has 1 saturated carbocycles. The van der Waals surface area contributed by atoms with Crippen LogP contribution in [0.2, 0.25) is 0 Å². The summed E-state index contributed by atoms with van der Waals surface area (Å²) >= 11 is 0. The van der Waals surface area contributed by atoms with Crippen LogP contribution in [-0.2, 0) is 7.05 Å². The SMILES string of the molecule is Cn1ccnc1NCC1CCCCC1O. The molecule has 2 atom stereocenters. The molecule has 1 heterocycles. The molecule has 1 aromatic heterocycles. The molecule has 4 heteroatoms. The summed E-state index contributed by atoms with van der Waals surface area (Å²) in [4.78, 5) is 4.20. The van der Waals surface area contributed by atoms with Gasteiger partial charge in [0.25, 0.3) is 0 Å². The third kappa shape index (κ3) is 2.50. The van der Waals surface area contributed by atoms with Crippen LogP contribution >= 0.6 is 0 Å². The first-order valence-electron chi connectivity index (χ1n) is 5.66. The van der Waals surface area contributed by atoms with Crippen LogP contribution < -0.4 is 5.32 Å². The second-order valence-electron chi connectivity index (χ2n) is 4.35. The fourth-order valence-corrected chi connectivity index (χ4v) is 2.18. The largest absolute Gasteiger partial charge is 0.393 e. The summed E-state index contributed by atoms with van der Waals surface area (Å²) in [7, 11) is 1.96. The van der Waals surface area contributed by atoms with Crippen molar-refractivity contribution < 1.29 is 5.11 Å². The fourth-order valence-electron chi connectivity index (χ4n) is 2.18. The summed E-state index contributed by atoms with van der Waals surface area (Å²) in [5.74, 6) is 1.27. The van der Waals surface area contributed by atoms with Crippen molar-refractivity contribution in [1.29, 1.82) is 0 Å². The van der Waals surface area contributed by atoms with E-state index < -0.39 is 0 Å². The highest BCUT2D eigenvalue weighted by Gasteiger charge is 2.22. The van der Waals surface area contributed by atoms with Crippen LogP contribution in [0.1, 0.15) is 25.7 Å². The summed E-state index contributed by atoms with van der Waals surface area (Å²) in [5.41, 5.74) is 0. The highest BCUT2D eigenvalue weighted by Crippen LogP contribution is 2.24. The van der Waals surface area contributed by atoms with Crippen molar-refractivity contribution >= 4 is 5.95 Å². The van der Waals surface area contributed by atoms with E-state index in [1.54, 1.807) is 6.20 Å². The van der Waals surface area contributed by atoms with Gasteiger partial charge in [-0.25, -0.2) is 4.98 Å². The van der Waals surface area contributed by atoms with Crippen LogP contribution in [0.5, 0.6) is 0 Å². The van der Waals surface area contributed by atoms with Gasteiger partial charge in [0.05, 0.1) is 6.10 Å². The number of nitrogens with zero attached hydrogens (tertiary/aromatic N) is 2. The molecule has 4 nitrogen and oxygen atoms in total. The maximum absolute atomic E-state index is 9.80. The molecule has 1 aliphatic carbocycles. The molecule has 15 heavy (non-hydrogen) atoms. The highest BCUT2D eigenvalue weighted by atomic mass is 16.3. The van der Waals surface area contributed by atoms with Crippen molar-refractivity contribution in [1.82, 2.24) is 9.55 Å². The van der Waals surface area contributed by atoms with Gasteiger partial charge in [-0.3, -0.25) is 0 Å². The van der Waals surface area contributed by atoms with E-state index in [1.165, 1.54) is 12.8 Å². The van der Waals surface area contributed by atoms with Crippen LogP contribution in [0, 0.1) is 5.92 Å². The third-order valence-electron chi connectivity index (χ3n) is 3.21. The molecule has 2 rings (SSSR count). The van der Waals surface area contributed by atoms with E-state index in [9.17, 15) is 5.11 Å². The second-order valence-corrected chi connectivity index (χ2v) is 4.35. The van der Waals surface area contributed by atoms with Crippen molar-refractivity contribution in [3.8, 4) is 0 Å². The lowest BCUT2D eigenvalue weighted by Crippen LogP contribution is -2.30. The smallest absolute Gasteiger partial charge is 0.202 e. The first kappa shape index (κ1) is 10.5. The third-order valence-corrected chi connectivity index (χ3v) is 3.21. The number of aromatic nitrogens is 2. The van der Waals surface area contributed by atoms with E-state index in [2.05, 4.69) is 10.3 Å². The molecule has 2 N–H and O–H groups in total. The average Bonchev–Trinajstić information content (AvgIpc) is 2.63. The molecule has 84 valence electrons. The van der Waals surface area contributed by atoms with Crippen LogP contribution in [0.25, 0.3) is 0 Å². The lowest BCUT2D eigenvalue weighted by Gasteiger charge is -2.27. The van der Waals surface area contributed by atoms with E-state index in [0.717, 1.165) is 25.3 Å². The maximum atomic E-state index is 9.80. The molecule has 0 amide bonds. The molecular weight excluding hydrogens is 190 g/mol. The van der Waals surface area contributed by atoms with Gasteiger partial charge < -0.3 is 15.0 Å². The van der Waals surface area contributed by atoms with Crippen LogP contribution in [0.3, 0.4) is 0 Å². The van der Waals surface area contributed by atoms with E-state index in [1.807, 2.05) is 17.8 Å². The first-order chi connectivity index (χ1) is 7.27. The van der Waals surface area contributed by atoms with Crippen molar-refractivity contribution in [2.24, 2.45) is 13.0 Å². The summed E-state index contributed by atoms with van der Waals surface area (Å²) in [6, 6.07) is 0. The van der Waals surface area contributed by atoms with Crippen molar-refractivity contribution in [3.63, 3.8) is 0 Å². The number of imidazole rings is 1. The zero-order chi connectivity index (χ0) is 10.7. The monoisotopic (exact) mass is 209 g/mol. The average molecular weight is 209 g/mol. The summed E-state index contributed by atoms with van der Waals surface area (Å²) in [6.45, 7) is 0.825. The second kappa shape index (κ2) is 4.66. The highest BCUT2D eigenvalue weighted by molar-refractivity contribution is 5.25. The van der Waals surface area contributed by atoms with E-state index in [4.69, 9.17) is 0 Å². The molecule has 0 spiro atoms. The molecule has 1 aliphatic rings. The zero-order valence-corrected chi connectivity index (χ0v) is 9.19. The number of rotatable bonds is 3. The van der Waals surface area contributed by atoms with Gasteiger partial charge >= 0.3 is 0 Å². The number of hydrogen-bond donors (Lipinski definition) is 2. The van der Waals surface area contributed by atoms with Gasteiger partial charge in [0.1, 0.15) is 0 Å². The number of aliphatic hydroxyl groups excluding tert-OH is 1. The molecule has 1 aromatic rings. The Labute approximate surface area is 90.3 Å². The molecular formula is C11H19N3O. The van der Waals surface area contributed by atoms with Crippen molar-refractivity contribution in [3.05, 3.63) is 12.4 Å². The first-order valence-corrected chi connectivity index (χ1v) is 5.66. The van der Waals surface area contributed by atoms with Gasteiger partial charge in [0.2, 0.25) is 5.95 Å². The van der Waals surface area contributed by atoms with E-state index in [-0.39, 0.29) is 6.10 Å². The minimum absolute atomic E-state index is 0.133. The number of aryl methyl sites for hydroxylation is 1. The topological polar surface area (TPSA) is 50.1 Å². The standard InChI is InChI=1S/C11H19N3O/c1-14-7-6-12-11(14)13-8-9-4-2-3-5-10(9)15/h6-7,9-10,15H,2-5,8H2,1H3,(H,12,13). The van der Waals surface area contributed by atoms with Gasteiger partial charge in [-0.1, -0.05) is 12.8 Å². The quantitative estimate of drug-likeness (QED) is 0.790. The van der Waals surface area contributed by atoms with Crippen LogP contribution in [-0.4, -0.2) is 27.3 Å². The zero-order valence-electron chi connectivity index (χ0n) is 9.19. The molecule has 1 fully saturated rings. The van der Waals surface area contributed by atoms with Gasteiger partial charge in [0, 0.05) is 31.9 Å². The van der Waals surface area contributed by atoms with E-state index in [0.29, 0.717) is 5.92 Å². The number of hydrogen-bond acceptors (Lipinski definition) is 3. The molecule has 2 unspecified atom stereocenters. The minimum atomic E-state index is -0.133. The maximum Gasteiger partial charge on any atom is 0.202 e. The Kier molecular flexibility index (Phi) is 3.26. The lowest BCUT2D eigenvalue weighted by atomic mass is 9.86. The number of aliphatic hydroxyl groups is 1. The molecule has 0 aliphatic heterocycles. The fraction of sp³-hybridized carbons (Fsp3) is 0.727. The van der Waals surface area contributed by atoms with Crippen molar-refractivity contribution in [2.75, 3.05) is 11.9 Å². The van der Waals surface area contributed by atoms with Gasteiger partial charge in [-0.05, 0) is 12.8 Å². The normalized spacial score (nSPS) is 26.5. The van der Waals surface area contributed by atoms with Gasteiger partial charge in [0.15, 0.2) is 0 Å². The summed E-state index contributed by atoms with van der Waals surface area (Å²) in [6.07, 6.45) is 8.04.